The topological polar surface area (TPSA) is 70.0 Å². The van der Waals surface area contributed by atoms with Gasteiger partial charge < -0.3 is 5.32 Å². The molecule has 0 aliphatic heterocycles. The molecule has 0 heterocycles. The number of nitrogens with zero attached hydrogens (tertiary/aromatic N) is 1. The molecule has 0 bridgehead atoms. The largest absolute Gasteiger partial charge is 0.348 e. The first kappa shape index (κ1) is 22.9. The Balaban J connectivity index is 2.05. The third kappa shape index (κ3) is 5.67. The summed E-state index contributed by atoms with van der Waals surface area (Å²) in [6.07, 6.45) is 0. The normalized spacial score (nSPS) is 12.1. The lowest BCUT2D eigenvalue weighted by molar-refractivity contribution is 0.603. The van der Waals surface area contributed by atoms with Crippen molar-refractivity contribution in [1.29, 1.82) is 5.26 Å². The molecule has 0 spiro atoms. The minimum absolute atomic E-state index is 0.0131. The smallest absolute Gasteiger partial charge is 0.219 e. The van der Waals surface area contributed by atoms with Gasteiger partial charge in [0, 0.05) is 16.5 Å². The summed E-state index contributed by atoms with van der Waals surface area (Å²) in [6, 6.07) is 20.8. The van der Waals surface area contributed by atoms with Gasteiger partial charge in [-0.15, -0.1) is 11.8 Å². The summed E-state index contributed by atoms with van der Waals surface area (Å²) < 4.78 is 39.9. The van der Waals surface area contributed by atoms with Crippen molar-refractivity contribution >= 4 is 38.9 Å². The average molecular weight is 473 g/mol. The van der Waals surface area contributed by atoms with Gasteiger partial charge in [-0.3, -0.25) is 0 Å². The van der Waals surface area contributed by atoms with E-state index >= 15 is 0 Å². The Morgan fingerprint density at radius 3 is 2.48 bits per heavy atom. The van der Waals surface area contributed by atoms with Crippen LogP contribution in [-0.2, 0) is 15.6 Å². The maximum Gasteiger partial charge on any atom is 0.219 e. The molecule has 0 atom stereocenters. The van der Waals surface area contributed by atoms with E-state index in [-0.39, 0.29) is 21.5 Å². The van der Waals surface area contributed by atoms with E-state index in [2.05, 4.69) is 5.32 Å². The fourth-order valence-corrected chi connectivity index (χ4v) is 5.40. The van der Waals surface area contributed by atoms with Crippen LogP contribution in [-0.4, -0.2) is 8.42 Å². The zero-order valence-corrected chi connectivity index (χ0v) is 18.9. The predicted octanol–water partition coefficient (Wildman–Crippen LogP) is 6.30. The molecule has 1 N–H and O–H groups in total. The van der Waals surface area contributed by atoms with Crippen LogP contribution in [0.3, 0.4) is 0 Å². The monoisotopic (exact) mass is 472 g/mol. The zero-order chi connectivity index (χ0) is 22.4. The number of thioether (sulfide) groups is 1. The van der Waals surface area contributed by atoms with Crippen molar-refractivity contribution in [2.75, 3.05) is 5.32 Å². The van der Waals surface area contributed by atoms with Gasteiger partial charge in [0.25, 0.3) is 0 Å². The van der Waals surface area contributed by atoms with Gasteiger partial charge in [-0.1, -0.05) is 48.0 Å². The van der Waals surface area contributed by atoms with E-state index in [1.807, 2.05) is 13.0 Å². The Labute approximate surface area is 190 Å². The molecular formula is C23H18ClFN2O2S2. The van der Waals surface area contributed by atoms with Crippen molar-refractivity contribution in [2.45, 2.75) is 17.6 Å². The first-order chi connectivity index (χ1) is 14.8. The van der Waals surface area contributed by atoms with E-state index in [1.54, 1.807) is 48.5 Å². The van der Waals surface area contributed by atoms with Gasteiger partial charge >= 0.3 is 0 Å². The Morgan fingerprint density at radius 2 is 1.84 bits per heavy atom. The molecule has 0 aromatic heterocycles. The molecule has 3 rings (SSSR count). The summed E-state index contributed by atoms with van der Waals surface area (Å²) in [4.78, 5) is -0.407. The quantitative estimate of drug-likeness (QED) is 0.408. The number of benzene rings is 3. The van der Waals surface area contributed by atoms with Crippen LogP contribution in [0.15, 0.2) is 87.6 Å². The summed E-state index contributed by atoms with van der Waals surface area (Å²) in [5, 5.41) is 13.4. The van der Waals surface area contributed by atoms with Crippen molar-refractivity contribution in [3.8, 4) is 6.07 Å². The first-order valence-corrected chi connectivity index (χ1v) is 12.0. The molecular weight excluding hydrogens is 455 g/mol. The summed E-state index contributed by atoms with van der Waals surface area (Å²) in [5.74, 6) is -0.130. The summed E-state index contributed by atoms with van der Waals surface area (Å²) >= 11 is 7.30. The lowest BCUT2D eigenvalue weighted by atomic mass is 10.2. The van der Waals surface area contributed by atoms with Crippen molar-refractivity contribution in [1.82, 2.24) is 0 Å². The van der Waals surface area contributed by atoms with E-state index in [0.29, 0.717) is 16.3 Å². The van der Waals surface area contributed by atoms with E-state index in [0.717, 1.165) is 17.3 Å². The molecule has 0 aliphatic carbocycles. The highest BCUT2D eigenvalue weighted by atomic mass is 35.5. The van der Waals surface area contributed by atoms with E-state index in [9.17, 15) is 18.1 Å². The van der Waals surface area contributed by atoms with Gasteiger partial charge in [0.2, 0.25) is 9.84 Å². The molecule has 0 aliphatic rings. The molecule has 8 heteroatoms. The summed E-state index contributed by atoms with van der Waals surface area (Å²) in [7, 11) is -4.07. The number of nitrogens with one attached hydrogen (secondary N) is 1. The highest BCUT2D eigenvalue weighted by molar-refractivity contribution is 8.04. The van der Waals surface area contributed by atoms with E-state index < -0.39 is 14.7 Å². The molecule has 0 unspecified atom stereocenters. The zero-order valence-electron chi connectivity index (χ0n) is 16.5. The summed E-state index contributed by atoms with van der Waals surface area (Å²) in [5.41, 5.74) is 2.05. The second-order valence-corrected chi connectivity index (χ2v) is 9.87. The SMILES string of the molecule is Cc1ccc(NC(SCc2cccc(F)c2)=C(C#N)S(=O)(=O)c2ccccc2)cc1Cl. The lowest BCUT2D eigenvalue weighted by Crippen LogP contribution is -2.10. The second kappa shape index (κ2) is 10.0. The molecule has 0 amide bonds. The highest BCUT2D eigenvalue weighted by Crippen LogP contribution is 2.32. The standard InChI is InChI=1S/C23H18ClFN2O2S2/c1-16-10-11-19(13-21(16)24)27-23(30-15-17-6-5-7-18(25)12-17)22(14-26)31(28,29)20-8-3-2-4-9-20/h2-13,27H,15H2,1H3. The molecule has 0 fully saturated rings. The number of sulfone groups is 1. The number of nitriles is 1. The Morgan fingerprint density at radius 1 is 1.10 bits per heavy atom. The first-order valence-electron chi connectivity index (χ1n) is 9.16. The molecule has 4 nitrogen and oxygen atoms in total. The minimum Gasteiger partial charge on any atom is -0.348 e. The molecule has 31 heavy (non-hydrogen) atoms. The molecule has 0 saturated heterocycles. The van der Waals surface area contributed by atoms with Crippen LogP contribution in [0, 0.1) is 24.1 Å². The van der Waals surface area contributed by atoms with Crippen LogP contribution in [0.2, 0.25) is 5.02 Å². The number of rotatable bonds is 7. The average Bonchev–Trinajstić information content (AvgIpc) is 2.75. The number of allylic oxidation sites excluding steroid dienone is 1. The van der Waals surface area contributed by atoms with Gasteiger partial charge in [0.1, 0.15) is 16.9 Å². The van der Waals surface area contributed by atoms with Gasteiger partial charge in [-0.25, -0.2) is 12.8 Å². The number of hydrogen-bond acceptors (Lipinski definition) is 5. The number of anilines is 1. The van der Waals surface area contributed by atoms with E-state index in [1.165, 1.54) is 24.3 Å². The number of hydrogen-bond donors (Lipinski definition) is 1. The molecule has 158 valence electrons. The van der Waals surface area contributed by atoms with Crippen LogP contribution in [0.5, 0.6) is 0 Å². The fourth-order valence-electron chi connectivity index (χ4n) is 2.69. The molecule has 0 radical (unpaired) electrons. The Kier molecular flexibility index (Phi) is 7.39. The van der Waals surface area contributed by atoms with Crippen LogP contribution < -0.4 is 5.32 Å². The van der Waals surface area contributed by atoms with Crippen LogP contribution in [0.4, 0.5) is 10.1 Å². The lowest BCUT2D eigenvalue weighted by Gasteiger charge is -2.15. The van der Waals surface area contributed by atoms with Crippen LogP contribution >= 0.6 is 23.4 Å². The number of halogens is 2. The number of aryl methyl sites for hydroxylation is 1. The third-order valence-electron chi connectivity index (χ3n) is 4.33. The summed E-state index contributed by atoms with van der Waals surface area (Å²) in [6.45, 7) is 1.85. The highest BCUT2D eigenvalue weighted by Gasteiger charge is 2.25. The third-order valence-corrected chi connectivity index (χ3v) is 7.67. The fraction of sp³-hybridized carbons (Fsp3) is 0.0870. The second-order valence-electron chi connectivity index (χ2n) is 6.59. The van der Waals surface area contributed by atoms with Gasteiger partial charge in [0.05, 0.1) is 4.90 Å². The van der Waals surface area contributed by atoms with Crippen LogP contribution in [0.25, 0.3) is 0 Å². The van der Waals surface area contributed by atoms with E-state index in [4.69, 9.17) is 11.6 Å². The van der Waals surface area contributed by atoms with Crippen molar-refractivity contribution in [2.24, 2.45) is 0 Å². The minimum atomic E-state index is -4.07. The maximum absolute atomic E-state index is 13.6. The Bertz CT molecular complexity index is 1270. The van der Waals surface area contributed by atoms with Crippen molar-refractivity contribution in [3.05, 3.63) is 105 Å². The van der Waals surface area contributed by atoms with Crippen molar-refractivity contribution in [3.63, 3.8) is 0 Å². The van der Waals surface area contributed by atoms with Gasteiger partial charge in [-0.2, -0.15) is 5.26 Å². The van der Waals surface area contributed by atoms with Gasteiger partial charge in [-0.05, 0) is 54.4 Å². The van der Waals surface area contributed by atoms with Crippen molar-refractivity contribution < 1.29 is 12.8 Å². The Hall–Kier alpha value is -2.79. The van der Waals surface area contributed by atoms with Crippen LogP contribution in [0.1, 0.15) is 11.1 Å². The predicted molar refractivity (Wildman–Crippen MR) is 124 cm³/mol. The maximum atomic E-state index is 13.6. The molecule has 3 aromatic rings. The van der Waals surface area contributed by atoms with Gasteiger partial charge in [0.15, 0.2) is 4.91 Å². The molecule has 0 saturated carbocycles. The molecule has 3 aromatic carbocycles.